The van der Waals surface area contributed by atoms with Crippen molar-refractivity contribution in [2.75, 3.05) is 6.67 Å². The Bertz CT molecular complexity index is 354. The monoisotopic (exact) mass is 206 g/mol. The van der Waals surface area contributed by atoms with Gasteiger partial charge >= 0.3 is 0 Å². The van der Waals surface area contributed by atoms with E-state index in [0.717, 1.165) is 30.3 Å². The predicted octanol–water partition coefficient (Wildman–Crippen LogP) is 2.01. The van der Waals surface area contributed by atoms with E-state index in [2.05, 4.69) is 40.8 Å². The molecule has 0 bridgehead atoms. The SMILES string of the molecule is CCC(C)N1CN=C2C(C)=NC=C(C)N21. The van der Waals surface area contributed by atoms with E-state index in [0.29, 0.717) is 6.04 Å². The van der Waals surface area contributed by atoms with Crippen LogP contribution in [-0.4, -0.2) is 34.3 Å². The van der Waals surface area contributed by atoms with Crippen LogP contribution >= 0.6 is 0 Å². The largest absolute Gasteiger partial charge is 0.257 e. The topological polar surface area (TPSA) is 31.2 Å². The molecule has 2 rings (SSSR count). The zero-order valence-corrected chi connectivity index (χ0v) is 9.86. The highest BCUT2D eigenvalue weighted by Gasteiger charge is 2.32. The molecular weight excluding hydrogens is 188 g/mol. The number of hydrogen-bond donors (Lipinski definition) is 0. The fourth-order valence-corrected chi connectivity index (χ4v) is 1.88. The number of fused-ring (bicyclic) bond motifs is 1. The molecule has 0 spiro atoms. The van der Waals surface area contributed by atoms with Crippen molar-refractivity contribution >= 4 is 11.5 Å². The maximum atomic E-state index is 4.54. The summed E-state index contributed by atoms with van der Waals surface area (Å²) in [5, 5.41) is 4.48. The molecule has 0 aliphatic carbocycles. The van der Waals surface area contributed by atoms with E-state index in [4.69, 9.17) is 0 Å². The zero-order chi connectivity index (χ0) is 11.0. The summed E-state index contributed by atoms with van der Waals surface area (Å²) in [6, 6.07) is 0.514. The first-order chi connectivity index (χ1) is 7.15. The normalized spacial score (nSPS) is 23.2. The van der Waals surface area contributed by atoms with E-state index in [1.54, 1.807) is 0 Å². The molecule has 1 unspecified atom stereocenters. The molecule has 0 fully saturated rings. The maximum Gasteiger partial charge on any atom is 0.165 e. The molecule has 1 atom stereocenters. The van der Waals surface area contributed by atoms with Crippen LogP contribution in [-0.2, 0) is 0 Å². The molecule has 2 heterocycles. The van der Waals surface area contributed by atoms with E-state index >= 15 is 0 Å². The van der Waals surface area contributed by atoms with Gasteiger partial charge in [0.15, 0.2) is 5.84 Å². The van der Waals surface area contributed by atoms with Gasteiger partial charge < -0.3 is 0 Å². The Balaban J connectivity index is 2.27. The van der Waals surface area contributed by atoms with Gasteiger partial charge in [-0.3, -0.25) is 10.0 Å². The zero-order valence-electron chi connectivity index (χ0n) is 9.86. The lowest BCUT2D eigenvalue weighted by atomic mass is 10.2. The average Bonchev–Trinajstić information content (AvgIpc) is 2.68. The van der Waals surface area contributed by atoms with Gasteiger partial charge in [0, 0.05) is 12.2 Å². The Morgan fingerprint density at radius 1 is 1.47 bits per heavy atom. The van der Waals surface area contributed by atoms with E-state index in [9.17, 15) is 0 Å². The third kappa shape index (κ3) is 1.59. The van der Waals surface area contributed by atoms with Crippen LogP contribution in [0.25, 0.3) is 0 Å². The average molecular weight is 206 g/mol. The maximum absolute atomic E-state index is 4.54. The van der Waals surface area contributed by atoms with Gasteiger partial charge in [-0.05, 0) is 27.2 Å². The summed E-state index contributed by atoms with van der Waals surface area (Å²) >= 11 is 0. The van der Waals surface area contributed by atoms with E-state index in [1.807, 2.05) is 13.1 Å². The van der Waals surface area contributed by atoms with Crippen LogP contribution in [0.1, 0.15) is 34.1 Å². The molecule has 0 saturated carbocycles. The number of hydrogen-bond acceptors (Lipinski definition) is 4. The molecule has 15 heavy (non-hydrogen) atoms. The van der Waals surface area contributed by atoms with Crippen LogP contribution in [0, 0.1) is 0 Å². The van der Waals surface area contributed by atoms with Crippen LogP contribution in [0.3, 0.4) is 0 Å². The van der Waals surface area contributed by atoms with Gasteiger partial charge in [0.05, 0.1) is 11.4 Å². The molecule has 2 aliphatic heterocycles. The van der Waals surface area contributed by atoms with Crippen molar-refractivity contribution in [3.63, 3.8) is 0 Å². The molecule has 4 heteroatoms. The lowest BCUT2D eigenvalue weighted by Crippen LogP contribution is -2.47. The van der Waals surface area contributed by atoms with Crippen LogP contribution in [0.15, 0.2) is 21.9 Å². The van der Waals surface area contributed by atoms with Crippen molar-refractivity contribution in [1.82, 2.24) is 10.0 Å². The second-order valence-electron chi connectivity index (χ2n) is 4.12. The number of hydrazine groups is 1. The molecule has 2 aliphatic rings. The summed E-state index contributed by atoms with van der Waals surface area (Å²) in [4.78, 5) is 8.87. The molecule has 0 aromatic carbocycles. The van der Waals surface area contributed by atoms with Crippen molar-refractivity contribution in [1.29, 1.82) is 0 Å². The van der Waals surface area contributed by atoms with Gasteiger partial charge in [-0.25, -0.2) is 4.99 Å². The summed E-state index contributed by atoms with van der Waals surface area (Å²) in [6.07, 6.45) is 3.04. The fraction of sp³-hybridized carbons (Fsp3) is 0.636. The summed E-state index contributed by atoms with van der Waals surface area (Å²) in [5.41, 5.74) is 2.16. The summed E-state index contributed by atoms with van der Waals surface area (Å²) < 4.78 is 0. The van der Waals surface area contributed by atoms with E-state index in [-0.39, 0.29) is 0 Å². The Morgan fingerprint density at radius 3 is 2.87 bits per heavy atom. The van der Waals surface area contributed by atoms with E-state index < -0.39 is 0 Å². The molecule has 82 valence electrons. The van der Waals surface area contributed by atoms with Gasteiger partial charge in [0.25, 0.3) is 0 Å². The number of allylic oxidation sites excluding steroid dienone is 1. The Kier molecular flexibility index (Phi) is 2.61. The molecule has 0 N–H and O–H groups in total. The van der Waals surface area contributed by atoms with Crippen molar-refractivity contribution < 1.29 is 0 Å². The minimum Gasteiger partial charge on any atom is -0.257 e. The molecule has 0 aromatic rings. The second kappa shape index (κ2) is 3.77. The summed E-state index contributed by atoms with van der Waals surface area (Å²) in [6.45, 7) is 9.27. The van der Waals surface area contributed by atoms with Crippen molar-refractivity contribution in [3.8, 4) is 0 Å². The van der Waals surface area contributed by atoms with Crippen LogP contribution in [0.2, 0.25) is 0 Å². The highest BCUT2D eigenvalue weighted by molar-refractivity contribution is 6.41. The van der Waals surface area contributed by atoms with Gasteiger partial charge in [-0.15, -0.1) is 0 Å². The van der Waals surface area contributed by atoms with Crippen LogP contribution < -0.4 is 0 Å². The molecule has 0 radical (unpaired) electrons. The third-order valence-corrected chi connectivity index (χ3v) is 3.03. The Labute approximate surface area is 91.0 Å². The first-order valence-electron chi connectivity index (χ1n) is 5.47. The number of amidine groups is 1. The number of aliphatic imine (C=N–C) groups is 2. The Morgan fingerprint density at radius 2 is 2.20 bits per heavy atom. The lowest BCUT2D eigenvalue weighted by molar-refractivity contribution is 0.0563. The third-order valence-electron chi connectivity index (χ3n) is 3.03. The first-order valence-corrected chi connectivity index (χ1v) is 5.47. The van der Waals surface area contributed by atoms with Gasteiger partial charge in [-0.1, -0.05) is 6.92 Å². The smallest absolute Gasteiger partial charge is 0.165 e. The quantitative estimate of drug-likeness (QED) is 0.692. The molecule has 0 aromatic heterocycles. The first kappa shape index (κ1) is 10.4. The van der Waals surface area contributed by atoms with Crippen molar-refractivity contribution in [2.24, 2.45) is 9.98 Å². The highest BCUT2D eigenvalue weighted by atomic mass is 15.7. The fourth-order valence-electron chi connectivity index (χ4n) is 1.88. The molecule has 4 nitrogen and oxygen atoms in total. The van der Waals surface area contributed by atoms with Crippen LogP contribution in [0.4, 0.5) is 0 Å². The lowest BCUT2D eigenvalue weighted by Gasteiger charge is -2.35. The summed E-state index contributed by atoms with van der Waals surface area (Å²) in [7, 11) is 0. The predicted molar refractivity (Wildman–Crippen MR) is 62.6 cm³/mol. The van der Waals surface area contributed by atoms with E-state index in [1.165, 1.54) is 0 Å². The van der Waals surface area contributed by atoms with Crippen molar-refractivity contribution in [2.45, 2.75) is 40.2 Å². The summed E-state index contributed by atoms with van der Waals surface area (Å²) in [5.74, 6) is 1.01. The Hall–Kier alpha value is -1.16. The minimum absolute atomic E-state index is 0.514. The molecule has 0 saturated heterocycles. The highest BCUT2D eigenvalue weighted by Crippen LogP contribution is 2.23. The van der Waals surface area contributed by atoms with Gasteiger partial charge in [0.1, 0.15) is 6.67 Å². The molecular formula is C11H18N4. The van der Waals surface area contributed by atoms with Gasteiger partial charge in [0.2, 0.25) is 0 Å². The minimum atomic E-state index is 0.514. The van der Waals surface area contributed by atoms with Gasteiger partial charge in [-0.2, -0.15) is 5.01 Å². The second-order valence-corrected chi connectivity index (χ2v) is 4.12. The number of rotatable bonds is 2. The van der Waals surface area contributed by atoms with Crippen molar-refractivity contribution in [3.05, 3.63) is 11.9 Å². The molecule has 0 amide bonds. The number of nitrogens with zero attached hydrogens (tertiary/aromatic N) is 4. The van der Waals surface area contributed by atoms with Crippen LogP contribution in [0.5, 0.6) is 0 Å². The standard InChI is InChI=1S/C11H18N4/c1-5-8(2)14-7-13-11-10(4)12-6-9(3)15(11)14/h6,8H,5,7H2,1-4H3.